The van der Waals surface area contributed by atoms with Crippen molar-refractivity contribution in [1.29, 1.82) is 0 Å². The third-order valence-electron chi connectivity index (χ3n) is 2.12. The third-order valence-corrected chi connectivity index (χ3v) is 2.12. The lowest BCUT2D eigenvalue weighted by atomic mass is 9.97. The smallest absolute Gasteiger partial charge is 0.129 e. The molecule has 0 atom stereocenters. The number of nitrogens with one attached hydrogen (secondary N) is 1. The van der Waals surface area contributed by atoms with Crippen molar-refractivity contribution in [3.8, 4) is 0 Å². The average Bonchev–Trinajstić information content (AvgIpc) is 2.67. The first kappa shape index (κ1) is 13.3. The summed E-state index contributed by atoms with van der Waals surface area (Å²) in [6.45, 7) is 10.1. The van der Waals surface area contributed by atoms with E-state index >= 15 is 0 Å². The molecule has 1 N–H and O–H groups in total. The van der Waals surface area contributed by atoms with Gasteiger partial charge in [-0.15, -0.1) is 0 Å². The number of rotatable bonds is 7. The molecule has 0 aliphatic heterocycles. The second kappa shape index (κ2) is 6.71. The Morgan fingerprint density at radius 2 is 2.19 bits per heavy atom. The molecule has 0 radical (unpaired) electrons. The van der Waals surface area contributed by atoms with E-state index in [1.807, 2.05) is 12.1 Å². The lowest BCUT2D eigenvalue weighted by molar-refractivity contribution is 0.103. The highest BCUT2D eigenvalue weighted by Gasteiger charge is 2.08. The molecular weight excluding hydrogens is 202 g/mol. The zero-order chi connectivity index (χ0) is 11.9. The Hall–Kier alpha value is -0.800. The number of ether oxygens (including phenoxy) is 1. The zero-order valence-corrected chi connectivity index (χ0v) is 10.6. The SMILES string of the molecule is CC(C)(C)CNCCCOCc1ccco1. The van der Waals surface area contributed by atoms with E-state index in [0.717, 1.165) is 31.9 Å². The van der Waals surface area contributed by atoms with E-state index in [-0.39, 0.29) is 0 Å². The van der Waals surface area contributed by atoms with Gasteiger partial charge in [0.15, 0.2) is 0 Å². The fraction of sp³-hybridized carbons (Fsp3) is 0.692. The van der Waals surface area contributed by atoms with Gasteiger partial charge in [-0.2, -0.15) is 0 Å². The van der Waals surface area contributed by atoms with Gasteiger partial charge in [0.25, 0.3) is 0 Å². The van der Waals surface area contributed by atoms with Gasteiger partial charge in [0, 0.05) is 6.61 Å². The highest BCUT2D eigenvalue weighted by Crippen LogP contribution is 2.09. The molecule has 1 rings (SSSR count). The lowest BCUT2D eigenvalue weighted by Gasteiger charge is -2.18. The molecule has 3 heteroatoms. The molecule has 92 valence electrons. The van der Waals surface area contributed by atoms with Gasteiger partial charge in [-0.25, -0.2) is 0 Å². The Bertz CT molecular complexity index is 262. The standard InChI is InChI=1S/C13H23NO2/c1-13(2,3)11-14-7-5-8-15-10-12-6-4-9-16-12/h4,6,9,14H,5,7-8,10-11H2,1-3H3. The van der Waals surface area contributed by atoms with Crippen LogP contribution in [-0.4, -0.2) is 19.7 Å². The molecule has 16 heavy (non-hydrogen) atoms. The molecule has 3 nitrogen and oxygen atoms in total. The average molecular weight is 225 g/mol. The van der Waals surface area contributed by atoms with Gasteiger partial charge in [0.1, 0.15) is 12.4 Å². The van der Waals surface area contributed by atoms with Crippen LogP contribution in [0.25, 0.3) is 0 Å². The molecule has 0 fully saturated rings. The number of furan rings is 1. The van der Waals surface area contributed by atoms with Crippen molar-refractivity contribution in [3.05, 3.63) is 24.2 Å². The molecule has 0 saturated carbocycles. The van der Waals surface area contributed by atoms with Crippen LogP contribution in [0.1, 0.15) is 33.0 Å². The Morgan fingerprint density at radius 1 is 1.38 bits per heavy atom. The minimum atomic E-state index is 0.356. The van der Waals surface area contributed by atoms with Crippen LogP contribution in [0.15, 0.2) is 22.8 Å². The van der Waals surface area contributed by atoms with E-state index in [0.29, 0.717) is 12.0 Å². The van der Waals surface area contributed by atoms with Crippen LogP contribution in [0.2, 0.25) is 0 Å². The first-order chi connectivity index (χ1) is 7.58. The summed E-state index contributed by atoms with van der Waals surface area (Å²) in [6.07, 6.45) is 2.71. The molecule has 0 amide bonds. The van der Waals surface area contributed by atoms with Crippen LogP contribution < -0.4 is 5.32 Å². The monoisotopic (exact) mass is 225 g/mol. The molecular formula is C13H23NO2. The van der Waals surface area contributed by atoms with Gasteiger partial charge in [0.2, 0.25) is 0 Å². The normalized spacial score (nSPS) is 11.9. The van der Waals surface area contributed by atoms with Crippen molar-refractivity contribution < 1.29 is 9.15 Å². The summed E-state index contributed by atoms with van der Waals surface area (Å²) in [6, 6.07) is 3.81. The summed E-state index contributed by atoms with van der Waals surface area (Å²) in [7, 11) is 0. The molecule has 0 aliphatic rings. The summed E-state index contributed by atoms with van der Waals surface area (Å²) >= 11 is 0. The van der Waals surface area contributed by atoms with Crippen molar-refractivity contribution >= 4 is 0 Å². The molecule has 0 saturated heterocycles. The second-order valence-electron chi connectivity index (χ2n) is 5.22. The molecule has 1 heterocycles. The lowest BCUT2D eigenvalue weighted by Crippen LogP contribution is -2.28. The molecule has 0 bridgehead atoms. The van der Waals surface area contributed by atoms with Crippen LogP contribution in [-0.2, 0) is 11.3 Å². The highest BCUT2D eigenvalue weighted by atomic mass is 16.5. The molecule has 0 aliphatic carbocycles. The Balaban J connectivity index is 1.89. The van der Waals surface area contributed by atoms with E-state index < -0.39 is 0 Å². The first-order valence-corrected chi connectivity index (χ1v) is 5.89. The van der Waals surface area contributed by atoms with Gasteiger partial charge in [-0.1, -0.05) is 20.8 Å². The predicted molar refractivity (Wildman–Crippen MR) is 65.3 cm³/mol. The fourth-order valence-electron chi connectivity index (χ4n) is 1.33. The van der Waals surface area contributed by atoms with E-state index in [2.05, 4.69) is 26.1 Å². The number of hydrogen-bond donors (Lipinski definition) is 1. The Labute approximate surface area is 98.2 Å². The second-order valence-corrected chi connectivity index (χ2v) is 5.22. The summed E-state index contributed by atoms with van der Waals surface area (Å²) in [5.74, 6) is 0.891. The number of hydrogen-bond acceptors (Lipinski definition) is 3. The molecule has 0 unspecified atom stereocenters. The van der Waals surface area contributed by atoms with Gasteiger partial charge in [-0.3, -0.25) is 0 Å². The van der Waals surface area contributed by atoms with Crippen molar-refractivity contribution in [2.75, 3.05) is 19.7 Å². The maximum absolute atomic E-state index is 5.48. The highest BCUT2D eigenvalue weighted by molar-refractivity contribution is 4.95. The minimum Gasteiger partial charge on any atom is -0.467 e. The maximum Gasteiger partial charge on any atom is 0.129 e. The largest absolute Gasteiger partial charge is 0.467 e. The van der Waals surface area contributed by atoms with Gasteiger partial charge in [0.05, 0.1) is 6.26 Å². The molecule has 1 aromatic heterocycles. The fourth-order valence-corrected chi connectivity index (χ4v) is 1.33. The predicted octanol–water partition coefficient (Wildman–Crippen LogP) is 2.82. The summed E-state index contributed by atoms with van der Waals surface area (Å²) in [5.41, 5.74) is 0.356. The van der Waals surface area contributed by atoms with Crippen LogP contribution >= 0.6 is 0 Å². The van der Waals surface area contributed by atoms with Crippen molar-refractivity contribution in [2.45, 2.75) is 33.8 Å². The van der Waals surface area contributed by atoms with Gasteiger partial charge < -0.3 is 14.5 Å². The third kappa shape index (κ3) is 6.64. The minimum absolute atomic E-state index is 0.356. The van der Waals surface area contributed by atoms with E-state index in [4.69, 9.17) is 9.15 Å². The Kier molecular flexibility index (Phi) is 5.56. The van der Waals surface area contributed by atoms with Crippen LogP contribution in [0, 0.1) is 5.41 Å². The van der Waals surface area contributed by atoms with Gasteiger partial charge in [-0.05, 0) is 37.1 Å². The first-order valence-electron chi connectivity index (χ1n) is 5.89. The van der Waals surface area contributed by atoms with E-state index in [1.54, 1.807) is 6.26 Å². The molecule has 1 aromatic rings. The van der Waals surface area contributed by atoms with Crippen molar-refractivity contribution in [2.24, 2.45) is 5.41 Å². The summed E-state index contributed by atoms with van der Waals surface area (Å²) in [4.78, 5) is 0. The van der Waals surface area contributed by atoms with Crippen LogP contribution in [0.4, 0.5) is 0 Å². The van der Waals surface area contributed by atoms with Gasteiger partial charge >= 0.3 is 0 Å². The van der Waals surface area contributed by atoms with Crippen molar-refractivity contribution in [3.63, 3.8) is 0 Å². The Morgan fingerprint density at radius 3 is 2.81 bits per heavy atom. The quantitative estimate of drug-likeness (QED) is 0.725. The maximum atomic E-state index is 5.48. The van der Waals surface area contributed by atoms with E-state index in [9.17, 15) is 0 Å². The van der Waals surface area contributed by atoms with Crippen LogP contribution in [0.3, 0.4) is 0 Å². The van der Waals surface area contributed by atoms with Crippen molar-refractivity contribution in [1.82, 2.24) is 5.32 Å². The summed E-state index contributed by atoms with van der Waals surface area (Å²) in [5, 5.41) is 3.42. The topological polar surface area (TPSA) is 34.4 Å². The van der Waals surface area contributed by atoms with E-state index in [1.165, 1.54) is 0 Å². The zero-order valence-electron chi connectivity index (χ0n) is 10.6. The summed E-state index contributed by atoms with van der Waals surface area (Å²) < 4.78 is 10.6. The molecule has 0 spiro atoms. The molecule has 0 aromatic carbocycles. The van der Waals surface area contributed by atoms with Crippen LogP contribution in [0.5, 0.6) is 0 Å².